The topological polar surface area (TPSA) is 99.8 Å². The number of aliphatic carboxylic acids is 1. The summed E-state index contributed by atoms with van der Waals surface area (Å²) in [6, 6.07) is 3.24. The molecular formula is C11H15NO5. The zero-order valence-electron chi connectivity index (χ0n) is 9.47. The Morgan fingerprint density at radius 3 is 2.71 bits per heavy atom. The van der Waals surface area contributed by atoms with Crippen LogP contribution < -0.4 is 5.32 Å². The summed E-state index contributed by atoms with van der Waals surface area (Å²) < 4.78 is 5.03. The van der Waals surface area contributed by atoms with Gasteiger partial charge in [0.25, 0.3) is 0 Å². The van der Waals surface area contributed by atoms with Crippen molar-refractivity contribution in [3.05, 3.63) is 24.2 Å². The number of rotatable bonds is 6. The minimum atomic E-state index is -1.30. The zero-order valence-corrected chi connectivity index (χ0v) is 9.47. The molecule has 6 nitrogen and oxygen atoms in total. The van der Waals surface area contributed by atoms with Gasteiger partial charge in [0.05, 0.1) is 19.2 Å². The highest BCUT2D eigenvalue weighted by atomic mass is 16.4. The molecule has 0 saturated heterocycles. The van der Waals surface area contributed by atoms with Gasteiger partial charge in [-0.25, -0.2) is 0 Å². The van der Waals surface area contributed by atoms with E-state index in [1.807, 2.05) is 0 Å². The van der Waals surface area contributed by atoms with Gasteiger partial charge in [0.1, 0.15) is 11.4 Å². The van der Waals surface area contributed by atoms with E-state index in [1.54, 1.807) is 12.1 Å². The normalized spacial score (nSPS) is 14.0. The van der Waals surface area contributed by atoms with Crippen LogP contribution in [0.25, 0.3) is 0 Å². The maximum atomic E-state index is 11.2. The fourth-order valence-electron chi connectivity index (χ4n) is 1.25. The lowest BCUT2D eigenvalue weighted by atomic mass is 10.0. The fourth-order valence-corrected chi connectivity index (χ4v) is 1.25. The Bertz CT molecular complexity index is 383. The number of nitrogens with one attached hydrogen (secondary N) is 1. The van der Waals surface area contributed by atoms with Gasteiger partial charge in [-0.15, -0.1) is 0 Å². The number of carbonyl (C=O) groups excluding carboxylic acids is 1. The SMILES string of the molecule is CC(O)(CNC(=O)CCC(=O)O)c1ccco1. The number of carboxylic acids is 1. The van der Waals surface area contributed by atoms with Crippen LogP contribution in [0.3, 0.4) is 0 Å². The molecule has 1 unspecified atom stereocenters. The first-order valence-corrected chi connectivity index (χ1v) is 5.16. The Kier molecular flexibility index (Phi) is 4.28. The standard InChI is InChI=1S/C11H15NO5/c1-11(16,8-3-2-6-17-8)7-12-9(13)4-5-10(14)15/h2-3,6,16H,4-5,7H2,1H3,(H,12,13)(H,14,15). The van der Waals surface area contributed by atoms with E-state index in [0.29, 0.717) is 5.76 Å². The fraction of sp³-hybridized carbons (Fsp3) is 0.455. The lowest BCUT2D eigenvalue weighted by Gasteiger charge is -2.20. The van der Waals surface area contributed by atoms with Gasteiger partial charge in [-0.1, -0.05) is 0 Å². The van der Waals surface area contributed by atoms with Crippen LogP contribution in [0.2, 0.25) is 0 Å². The lowest BCUT2D eigenvalue weighted by Crippen LogP contribution is -2.38. The molecule has 1 atom stereocenters. The third-order valence-corrected chi connectivity index (χ3v) is 2.25. The molecule has 94 valence electrons. The molecule has 17 heavy (non-hydrogen) atoms. The molecule has 0 aliphatic carbocycles. The number of hydrogen-bond acceptors (Lipinski definition) is 4. The summed E-state index contributed by atoms with van der Waals surface area (Å²) in [5, 5.41) is 20.8. The predicted octanol–water partition coefficient (Wildman–Crippen LogP) is 0.468. The summed E-state index contributed by atoms with van der Waals surface area (Å²) >= 11 is 0. The number of amides is 1. The molecule has 6 heteroatoms. The van der Waals surface area contributed by atoms with E-state index in [4.69, 9.17) is 9.52 Å². The molecule has 0 spiro atoms. The van der Waals surface area contributed by atoms with Crippen molar-refractivity contribution >= 4 is 11.9 Å². The Morgan fingerprint density at radius 1 is 1.47 bits per heavy atom. The average molecular weight is 241 g/mol. The van der Waals surface area contributed by atoms with Gasteiger partial charge >= 0.3 is 5.97 Å². The molecule has 3 N–H and O–H groups in total. The third-order valence-electron chi connectivity index (χ3n) is 2.25. The van der Waals surface area contributed by atoms with Crippen molar-refractivity contribution in [3.8, 4) is 0 Å². The summed E-state index contributed by atoms with van der Waals surface area (Å²) in [4.78, 5) is 21.5. The second-order valence-corrected chi connectivity index (χ2v) is 3.92. The molecule has 0 aliphatic rings. The Labute approximate surface area is 98.2 Å². The first-order chi connectivity index (χ1) is 7.92. The van der Waals surface area contributed by atoms with E-state index in [9.17, 15) is 14.7 Å². The van der Waals surface area contributed by atoms with Crippen LogP contribution in [0.1, 0.15) is 25.5 Å². The minimum Gasteiger partial charge on any atom is -0.481 e. The monoisotopic (exact) mass is 241 g/mol. The first kappa shape index (κ1) is 13.2. The van der Waals surface area contributed by atoms with Crippen molar-refractivity contribution in [1.29, 1.82) is 0 Å². The van der Waals surface area contributed by atoms with Crippen LogP contribution in [-0.2, 0) is 15.2 Å². The highest BCUT2D eigenvalue weighted by Crippen LogP contribution is 2.19. The quantitative estimate of drug-likeness (QED) is 0.672. The molecule has 1 amide bonds. The van der Waals surface area contributed by atoms with Crippen molar-refractivity contribution in [2.45, 2.75) is 25.4 Å². The number of carbonyl (C=O) groups is 2. The molecule has 0 radical (unpaired) electrons. The Hall–Kier alpha value is -1.82. The molecule has 1 aromatic rings. The van der Waals surface area contributed by atoms with E-state index in [0.717, 1.165) is 0 Å². The molecule has 1 rings (SSSR count). The summed E-state index contributed by atoms with van der Waals surface area (Å²) in [5.74, 6) is -1.10. The van der Waals surface area contributed by atoms with Crippen LogP contribution >= 0.6 is 0 Å². The van der Waals surface area contributed by atoms with Crippen molar-refractivity contribution in [3.63, 3.8) is 0 Å². The molecule has 1 aromatic heterocycles. The van der Waals surface area contributed by atoms with E-state index in [1.165, 1.54) is 13.2 Å². The van der Waals surface area contributed by atoms with Gasteiger partial charge in [-0.05, 0) is 19.1 Å². The molecule has 0 aromatic carbocycles. The van der Waals surface area contributed by atoms with Crippen molar-refractivity contribution in [1.82, 2.24) is 5.32 Å². The summed E-state index contributed by atoms with van der Waals surface area (Å²) in [6.07, 6.45) is 1.09. The van der Waals surface area contributed by atoms with E-state index < -0.39 is 17.5 Å². The van der Waals surface area contributed by atoms with Gasteiger partial charge < -0.3 is 19.9 Å². The van der Waals surface area contributed by atoms with Gasteiger partial charge in [0, 0.05) is 6.42 Å². The Balaban J connectivity index is 2.40. The van der Waals surface area contributed by atoms with Crippen molar-refractivity contribution in [2.24, 2.45) is 0 Å². The average Bonchev–Trinajstić information content (AvgIpc) is 2.77. The van der Waals surface area contributed by atoms with Crippen LogP contribution in [0.15, 0.2) is 22.8 Å². The van der Waals surface area contributed by atoms with E-state index in [-0.39, 0.29) is 19.4 Å². The maximum absolute atomic E-state index is 11.2. The number of aliphatic hydroxyl groups is 1. The van der Waals surface area contributed by atoms with Gasteiger partial charge in [0.2, 0.25) is 5.91 Å². The zero-order chi connectivity index (χ0) is 12.9. The highest BCUT2D eigenvalue weighted by molar-refractivity contribution is 5.80. The molecular weight excluding hydrogens is 226 g/mol. The van der Waals surface area contributed by atoms with Crippen LogP contribution in [-0.4, -0.2) is 28.6 Å². The number of hydrogen-bond donors (Lipinski definition) is 3. The van der Waals surface area contributed by atoms with Crippen molar-refractivity contribution < 1.29 is 24.2 Å². The lowest BCUT2D eigenvalue weighted by molar-refractivity contribution is -0.139. The molecule has 1 heterocycles. The van der Waals surface area contributed by atoms with Gasteiger partial charge in [-0.3, -0.25) is 9.59 Å². The summed E-state index contributed by atoms with van der Waals surface area (Å²) in [6.45, 7) is 1.47. The Morgan fingerprint density at radius 2 is 2.18 bits per heavy atom. The highest BCUT2D eigenvalue weighted by Gasteiger charge is 2.26. The largest absolute Gasteiger partial charge is 0.481 e. The predicted molar refractivity (Wildman–Crippen MR) is 58.2 cm³/mol. The molecule has 0 saturated carbocycles. The smallest absolute Gasteiger partial charge is 0.303 e. The number of furan rings is 1. The van der Waals surface area contributed by atoms with Crippen molar-refractivity contribution in [2.75, 3.05) is 6.54 Å². The minimum absolute atomic E-state index is 0.0288. The number of carboxylic acid groups (broad SMARTS) is 1. The van der Waals surface area contributed by atoms with E-state index >= 15 is 0 Å². The first-order valence-electron chi connectivity index (χ1n) is 5.16. The maximum Gasteiger partial charge on any atom is 0.303 e. The van der Waals surface area contributed by atoms with E-state index in [2.05, 4.69) is 5.32 Å². The summed E-state index contributed by atoms with van der Waals surface area (Å²) in [5.41, 5.74) is -1.30. The molecule has 0 bridgehead atoms. The van der Waals surface area contributed by atoms with Crippen LogP contribution in [0.5, 0.6) is 0 Å². The summed E-state index contributed by atoms with van der Waals surface area (Å²) in [7, 11) is 0. The molecule has 0 fully saturated rings. The van der Waals surface area contributed by atoms with Crippen LogP contribution in [0, 0.1) is 0 Å². The second kappa shape index (κ2) is 5.49. The molecule has 0 aliphatic heterocycles. The third kappa shape index (κ3) is 4.28. The second-order valence-electron chi connectivity index (χ2n) is 3.92. The van der Waals surface area contributed by atoms with Gasteiger partial charge in [0.15, 0.2) is 0 Å². The van der Waals surface area contributed by atoms with Gasteiger partial charge in [-0.2, -0.15) is 0 Å². The van der Waals surface area contributed by atoms with Crippen LogP contribution in [0.4, 0.5) is 0 Å².